The average Bonchev–Trinajstić information content (AvgIpc) is 3.64. The fourth-order valence-corrected chi connectivity index (χ4v) is 10.4. The highest BCUT2D eigenvalue weighted by molar-refractivity contribution is 6.04. The van der Waals surface area contributed by atoms with E-state index in [4.69, 9.17) is 4.74 Å². The molecule has 0 saturated heterocycles. The molecule has 276 valence electrons. The van der Waals surface area contributed by atoms with Gasteiger partial charge < -0.3 is 9.64 Å². The molecule has 0 aromatic heterocycles. The maximum absolute atomic E-state index is 6.75. The summed E-state index contributed by atoms with van der Waals surface area (Å²) in [5, 5.41) is 5.22. The van der Waals surface area contributed by atoms with Gasteiger partial charge in [-0.25, -0.2) is 0 Å². The van der Waals surface area contributed by atoms with Crippen LogP contribution >= 0.6 is 0 Å². The van der Waals surface area contributed by atoms with Crippen molar-refractivity contribution in [3.63, 3.8) is 0 Å². The third-order valence-corrected chi connectivity index (χ3v) is 13.4. The van der Waals surface area contributed by atoms with Gasteiger partial charge in [-0.1, -0.05) is 155 Å². The topological polar surface area (TPSA) is 12.5 Å². The molecule has 0 bridgehead atoms. The van der Waals surface area contributed by atoms with Crippen LogP contribution in [-0.4, -0.2) is 0 Å². The van der Waals surface area contributed by atoms with Gasteiger partial charge >= 0.3 is 0 Å². The summed E-state index contributed by atoms with van der Waals surface area (Å²) in [6.45, 7) is 9.47. The van der Waals surface area contributed by atoms with Gasteiger partial charge in [0.05, 0.1) is 11.4 Å². The van der Waals surface area contributed by atoms with E-state index in [1.807, 2.05) is 0 Å². The highest BCUT2D eigenvalue weighted by atomic mass is 16.5. The fourth-order valence-electron chi connectivity index (χ4n) is 10.4. The van der Waals surface area contributed by atoms with Gasteiger partial charge in [-0.2, -0.15) is 0 Å². The Balaban J connectivity index is 0.966. The summed E-state index contributed by atoms with van der Waals surface area (Å²) in [6, 6.07) is 64.9. The molecule has 0 saturated carbocycles. The zero-order chi connectivity index (χ0) is 38.9. The van der Waals surface area contributed by atoms with Crippen molar-refractivity contribution < 1.29 is 4.74 Å². The van der Waals surface area contributed by atoms with Gasteiger partial charge in [-0.3, -0.25) is 0 Å². The Kier molecular flexibility index (Phi) is 6.78. The van der Waals surface area contributed by atoms with Gasteiger partial charge in [0.2, 0.25) is 0 Å². The first-order valence-electron chi connectivity index (χ1n) is 20.4. The van der Waals surface area contributed by atoms with Gasteiger partial charge in [-0.05, 0) is 137 Å². The molecule has 0 radical (unpaired) electrons. The van der Waals surface area contributed by atoms with Crippen LogP contribution in [-0.2, 0) is 10.8 Å². The number of para-hydroxylation sites is 1. The predicted octanol–water partition coefficient (Wildman–Crippen LogP) is 15.5. The van der Waals surface area contributed by atoms with E-state index in [0.717, 1.165) is 39.7 Å². The van der Waals surface area contributed by atoms with Crippen molar-refractivity contribution in [2.45, 2.75) is 38.5 Å². The molecule has 0 atom stereocenters. The maximum Gasteiger partial charge on any atom is 0.151 e. The van der Waals surface area contributed by atoms with Crippen molar-refractivity contribution in [1.29, 1.82) is 0 Å². The lowest BCUT2D eigenvalue weighted by atomic mass is 9.81. The first kappa shape index (κ1) is 33.3. The molecule has 0 spiro atoms. The maximum atomic E-state index is 6.75. The zero-order valence-electron chi connectivity index (χ0n) is 33.1. The minimum atomic E-state index is -0.114. The quantitative estimate of drug-likeness (QED) is 0.179. The lowest BCUT2D eigenvalue weighted by molar-refractivity contribution is 0.477. The predicted molar refractivity (Wildman–Crippen MR) is 242 cm³/mol. The molecule has 0 N–H and O–H groups in total. The van der Waals surface area contributed by atoms with Crippen LogP contribution in [0.3, 0.4) is 0 Å². The summed E-state index contributed by atoms with van der Waals surface area (Å²) in [5.74, 6) is 1.69. The van der Waals surface area contributed by atoms with Gasteiger partial charge in [-0.15, -0.1) is 0 Å². The van der Waals surface area contributed by atoms with Gasteiger partial charge in [0.25, 0.3) is 0 Å². The minimum Gasteiger partial charge on any atom is -0.453 e. The summed E-state index contributed by atoms with van der Waals surface area (Å²) < 4.78 is 6.75. The highest BCUT2D eigenvalue weighted by Gasteiger charge is 2.38. The molecule has 3 aliphatic rings. The van der Waals surface area contributed by atoms with E-state index in [9.17, 15) is 0 Å². The van der Waals surface area contributed by atoms with Crippen LogP contribution in [0, 0.1) is 0 Å². The molecule has 9 aromatic carbocycles. The molecule has 1 aliphatic heterocycles. The highest BCUT2D eigenvalue weighted by Crippen LogP contribution is 2.56. The monoisotopic (exact) mass is 743 g/mol. The van der Waals surface area contributed by atoms with Gasteiger partial charge in [0.15, 0.2) is 11.5 Å². The Bertz CT molecular complexity index is 3010. The van der Waals surface area contributed by atoms with Crippen LogP contribution in [0.4, 0.5) is 17.1 Å². The van der Waals surface area contributed by atoms with Gasteiger partial charge in [0, 0.05) is 16.5 Å². The summed E-state index contributed by atoms with van der Waals surface area (Å²) in [5.41, 5.74) is 18.6. The fraction of sp³-hybridized carbons (Fsp3) is 0.107. The van der Waals surface area contributed by atoms with Crippen LogP contribution in [0.25, 0.3) is 66.1 Å². The molecule has 0 amide bonds. The number of benzene rings is 9. The summed E-state index contributed by atoms with van der Waals surface area (Å²) in [7, 11) is 0. The van der Waals surface area contributed by atoms with Crippen molar-refractivity contribution in [3.8, 4) is 56.0 Å². The molecule has 2 aliphatic carbocycles. The van der Waals surface area contributed by atoms with Crippen molar-refractivity contribution in [1.82, 2.24) is 0 Å². The van der Waals surface area contributed by atoms with Crippen molar-refractivity contribution in [2.75, 3.05) is 4.90 Å². The molecule has 0 unspecified atom stereocenters. The number of nitrogens with zero attached hydrogens (tertiary/aromatic N) is 1. The second-order valence-electron chi connectivity index (χ2n) is 17.3. The smallest absolute Gasteiger partial charge is 0.151 e. The van der Waals surface area contributed by atoms with E-state index in [1.165, 1.54) is 77.2 Å². The third kappa shape index (κ3) is 4.60. The SMILES string of the molecule is CC1(C)c2cc(-c3ccc4c(c3)N(c3ccccc3)c3cc(-c5ccc6c(c5)C(C)(C)c5ccc7ccccc7c5-6)ccc3O4)ccc2-c2c1ccc1ccccc21. The Morgan fingerprint density at radius 2 is 0.810 bits per heavy atom. The normalized spacial score (nSPS) is 14.9. The molecule has 2 heteroatoms. The summed E-state index contributed by atoms with van der Waals surface area (Å²) in [4.78, 5) is 2.37. The van der Waals surface area contributed by atoms with Gasteiger partial charge in [0.1, 0.15) is 0 Å². The third-order valence-electron chi connectivity index (χ3n) is 13.4. The summed E-state index contributed by atoms with van der Waals surface area (Å²) >= 11 is 0. The number of anilines is 3. The summed E-state index contributed by atoms with van der Waals surface area (Å²) in [6.07, 6.45) is 0. The zero-order valence-corrected chi connectivity index (χ0v) is 33.1. The molecule has 0 fully saturated rings. The first-order chi connectivity index (χ1) is 28.3. The Hall–Kier alpha value is -6.90. The van der Waals surface area contributed by atoms with Crippen LogP contribution < -0.4 is 9.64 Å². The number of rotatable bonds is 3. The van der Waals surface area contributed by atoms with E-state index in [0.29, 0.717) is 0 Å². The minimum absolute atomic E-state index is 0.114. The largest absolute Gasteiger partial charge is 0.453 e. The standard InChI is InChI=1S/C56H41NO/c1-55(2)45-26-20-34-12-8-10-16-41(34)53(45)43-24-18-36(30-47(43)55)38-22-28-51-49(32-38)57(40-14-6-5-7-15-40)50-33-39(23-29-52(50)58-51)37-19-25-44-48(31-37)56(3,4)46-27-21-35-13-9-11-17-42(35)54(44)46/h5-33H,1-4H3. The van der Waals surface area contributed by atoms with Crippen LogP contribution in [0.1, 0.15) is 49.9 Å². The lowest BCUT2D eigenvalue weighted by Crippen LogP contribution is -2.16. The van der Waals surface area contributed by atoms with Crippen molar-refractivity contribution >= 4 is 38.6 Å². The molecule has 12 rings (SSSR count). The molecule has 1 heterocycles. The van der Waals surface area contributed by atoms with E-state index in [2.05, 4.69) is 209 Å². The number of fused-ring (bicyclic) bond motifs is 12. The second kappa shape index (κ2) is 11.8. The van der Waals surface area contributed by atoms with Crippen molar-refractivity contribution in [2.24, 2.45) is 0 Å². The second-order valence-corrected chi connectivity index (χ2v) is 17.3. The molecule has 58 heavy (non-hydrogen) atoms. The van der Waals surface area contributed by atoms with Crippen LogP contribution in [0.5, 0.6) is 11.5 Å². The molecular formula is C56H41NO. The van der Waals surface area contributed by atoms with Crippen molar-refractivity contribution in [3.05, 3.63) is 198 Å². The number of hydrogen-bond donors (Lipinski definition) is 0. The van der Waals surface area contributed by atoms with E-state index in [1.54, 1.807) is 0 Å². The Morgan fingerprint density at radius 1 is 0.379 bits per heavy atom. The lowest BCUT2D eigenvalue weighted by Gasteiger charge is -2.33. The molecular weight excluding hydrogens is 703 g/mol. The number of hydrogen-bond acceptors (Lipinski definition) is 2. The van der Waals surface area contributed by atoms with Crippen LogP contribution in [0.15, 0.2) is 176 Å². The Labute approximate surface area is 339 Å². The van der Waals surface area contributed by atoms with E-state index >= 15 is 0 Å². The first-order valence-corrected chi connectivity index (χ1v) is 20.4. The number of ether oxygens (including phenoxy) is 1. The van der Waals surface area contributed by atoms with E-state index in [-0.39, 0.29) is 10.8 Å². The molecule has 9 aromatic rings. The Morgan fingerprint density at radius 3 is 1.31 bits per heavy atom. The van der Waals surface area contributed by atoms with E-state index < -0.39 is 0 Å². The average molecular weight is 744 g/mol. The van der Waals surface area contributed by atoms with Crippen LogP contribution in [0.2, 0.25) is 0 Å². The molecule has 2 nitrogen and oxygen atoms in total.